The number of halogens is 1. The van der Waals surface area contributed by atoms with Crippen molar-refractivity contribution in [2.24, 2.45) is 0 Å². The van der Waals surface area contributed by atoms with Crippen molar-refractivity contribution in [3.63, 3.8) is 0 Å². The van der Waals surface area contributed by atoms with Crippen molar-refractivity contribution >= 4 is 11.9 Å². The molecule has 21 heavy (non-hydrogen) atoms. The van der Waals surface area contributed by atoms with Gasteiger partial charge in [-0.1, -0.05) is 0 Å². The second kappa shape index (κ2) is 6.25. The fourth-order valence-electron chi connectivity index (χ4n) is 1.73. The van der Waals surface area contributed by atoms with E-state index in [1.165, 1.54) is 12.3 Å². The summed E-state index contributed by atoms with van der Waals surface area (Å²) in [6.07, 6.45) is 2.38. The lowest BCUT2D eigenvalue weighted by atomic mass is 10.2. The first-order chi connectivity index (χ1) is 9.97. The second-order valence-corrected chi connectivity index (χ2v) is 4.73. The van der Waals surface area contributed by atoms with Crippen molar-refractivity contribution in [1.29, 1.82) is 0 Å². The number of nitrogens with one attached hydrogen (secondary N) is 1. The van der Waals surface area contributed by atoms with Gasteiger partial charge in [-0.05, 0) is 19.1 Å². The number of hydrogen-bond acceptors (Lipinski definition) is 5. The van der Waals surface area contributed by atoms with E-state index < -0.39 is 11.7 Å². The van der Waals surface area contributed by atoms with E-state index in [1.54, 1.807) is 11.0 Å². The van der Waals surface area contributed by atoms with Gasteiger partial charge in [0.05, 0.1) is 24.0 Å². The Kier molecular flexibility index (Phi) is 4.42. The Hall–Kier alpha value is -2.57. The number of pyridine rings is 1. The number of carbonyl (C=O) groups excluding carboxylic acids is 1. The zero-order valence-corrected chi connectivity index (χ0v) is 12.1. The number of aryl methyl sites for hydroxylation is 1. The molecule has 0 aliphatic carbocycles. The number of aromatic nitrogens is 3. The Balaban J connectivity index is 2.10. The summed E-state index contributed by atoms with van der Waals surface area (Å²) in [6.45, 7) is 2.05. The molecule has 0 atom stereocenters. The summed E-state index contributed by atoms with van der Waals surface area (Å²) in [5, 5.41) is 2.63. The molecular formula is C14H16FN5O. The van der Waals surface area contributed by atoms with Gasteiger partial charge in [-0.2, -0.15) is 0 Å². The molecule has 0 saturated heterocycles. The Bertz CT molecular complexity index is 660. The third-order valence-electron chi connectivity index (χ3n) is 2.74. The fraction of sp³-hybridized carbons (Fsp3) is 0.286. The predicted octanol–water partition coefficient (Wildman–Crippen LogP) is 1.32. The fourth-order valence-corrected chi connectivity index (χ4v) is 1.73. The molecule has 2 aromatic heterocycles. The minimum absolute atomic E-state index is 0.0383. The quantitative estimate of drug-likeness (QED) is 0.919. The van der Waals surface area contributed by atoms with Crippen LogP contribution in [-0.4, -0.2) is 35.0 Å². The van der Waals surface area contributed by atoms with Crippen LogP contribution in [0, 0.1) is 12.7 Å². The number of amides is 1. The molecule has 1 amide bonds. The van der Waals surface area contributed by atoms with Gasteiger partial charge in [-0.3, -0.25) is 9.78 Å². The molecule has 0 aliphatic rings. The number of rotatable bonds is 4. The lowest BCUT2D eigenvalue weighted by molar-refractivity contribution is 0.0946. The molecule has 0 bridgehead atoms. The summed E-state index contributed by atoms with van der Waals surface area (Å²) in [5.74, 6) is -0.588. The zero-order chi connectivity index (χ0) is 15.4. The number of carbonyl (C=O) groups is 1. The third kappa shape index (κ3) is 3.71. The maximum absolute atomic E-state index is 13.4. The number of anilines is 1. The average molecular weight is 289 g/mol. The van der Waals surface area contributed by atoms with E-state index in [2.05, 4.69) is 20.3 Å². The first-order valence-electron chi connectivity index (χ1n) is 6.37. The van der Waals surface area contributed by atoms with Crippen molar-refractivity contribution in [1.82, 2.24) is 20.3 Å². The SMILES string of the molecule is Cc1cc(CNC(=O)c2ccncc2F)nc(N(C)C)n1. The van der Waals surface area contributed by atoms with Crippen molar-refractivity contribution in [2.75, 3.05) is 19.0 Å². The van der Waals surface area contributed by atoms with Crippen LogP contribution in [0.4, 0.5) is 10.3 Å². The highest BCUT2D eigenvalue weighted by Gasteiger charge is 2.12. The standard InChI is InChI=1S/C14H16FN5O/c1-9-6-10(19-14(18-9)20(2)3)7-17-13(21)11-4-5-16-8-12(11)15/h4-6,8H,7H2,1-3H3,(H,17,21). The largest absolute Gasteiger partial charge is 0.347 e. The highest BCUT2D eigenvalue weighted by atomic mass is 19.1. The number of hydrogen-bond donors (Lipinski definition) is 1. The van der Waals surface area contributed by atoms with Crippen LogP contribution in [0.2, 0.25) is 0 Å². The minimum Gasteiger partial charge on any atom is -0.347 e. The van der Waals surface area contributed by atoms with Crippen molar-refractivity contribution in [3.05, 3.63) is 47.3 Å². The van der Waals surface area contributed by atoms with Crippen molar-refractivity contribution in [2.45, 2.75) is 13.5 Å². The van der Waals surface area contributed by atoms with Gasteiger partial charge in [-0.15, -0.1) is 0 Å². The van der Waals surface area contributed by atoms with E-state index in [4.69, 9.17) is 0 Å². The molecule has 2 aromatic rings. The van der Waals surface area contributed by atoms with Gasteiger partial charge in [0.1, 0.15) is 0 Å². The molecule has 0 unspecified atom stereocenters. The Labute approximate surface area is 122 Å². The third-order valence-corrected chi connectivity index (χ3v) is 2.74. The average Bonchev–Trinajstić information content (AvgIpc) is 2.44. The molecule has 6 nitrogen and oxygen atoms in total. The van der Waals surface area contributed by atoms with Crippen LogP contribution in [0.3, 0.4) is 0 Å². The Morgan fingerprint density at radius 3 is 2.81 bits per heavy atom. The van der Waals surface area contributed by atoms with Crippen LogP contribution in [0.15, 0.2) is 24.5 Å². The highest BCUT2D eigenvalue weighted by Crippen LogP contribution is 2.08. The molecule has 7 heteroatoms. The van der Waals surface area contributed by atoms with Crippen LogP contribution >= 0.6 is 0 Å². The van der Waals surface area contributed by atoms with Crippen molar-refractivity contribution in [3.8, 4) is 0 Å². The van der Waals surface area contributed by atoms with Crippen LogP contribution in [0.5, 0.6) is 0 Å². The van der Waals surface area contributed by atoms with E-state index in [0.717, 1.165) is 11.9 Å². The Morgan fingerprint density at radius 2 is 2.14 bits per heavy atom. The number of nitrogens with zero attached hydrogens (tertiary/aromatic N) is 4. The zero-order valence-electron chi connectivity index (χ0n) is 12.1. The Morgan fingerprint density at radius 1 is 1.38 bits per heavy atom. The highest BCUT2D eigenvalue weighted by molar-refractivity contribution is 5.94. The van der Waals surface area contributed by atoms with Gasteiger partial charge in [0, 0.05) is 26.0 Å². The van der Waals surface area contributed by atoms with Crippen LogP contribution < -0.4 is 10.2 Å². The molecule has 0 aromatic carbocycles. The normalized spacial score (nSPS) is 10.3. The van der Waals surface area contributed by atoms with E-state index in [9.17, 15) is 9.18 Å². The summed E-state index contributed by atoms with van der Waals surface area (Å²) in [7, 11) is 3.67. The molecule has 2 rings (SSSR count). The lowest BCUT2D eigenvalue weighted by Gasteiger charge is -2.12. The van der Waals surface area contributed by atoms with E-state index in [1.807, 2.05) is 21.0 Å². The van der Waals surface area contributed by atoms with Gasteiger partial charge in [-0.25, -0.2) is 14.4 Å². The summed E-state index contributed by atoms with van der Waals surface area (Å²) in [4.78, 5) is 25.9. The molecule has 0 saturated carbocycles. The smallest absolute Gasteiger partial charge is 0.254 e. The first-order valence-corrected chi connectivity index (χ1v) is 6.37. The van der Waals surface area contributed by atoms with E-state index in [-0.39, 0.29) is 12.1 Å². The molecule has 0 radical (unpaired) electrons. The lowest BCUT2D eigenvalue weighted by Crippen LogP contribution is -2.25. The maximum Gasteiger partial charge on any atom is 0.254 e. The maximum atomic E-state index is 13.4. The van der Waals surface area contributed by atoms with Crippen LogP contribution in [0.25, 0.3) is 0 Å². The summed E-state index contributed by atoms with van der Waals surface area (Å²) >= 11 is 0. The van der Waals surface area contributed by atoms with Crippen LogP contribution in [0.1, 0.15) is 21.7 Å². The molecule has 1 N–H and O–H groups in total. The minimum atomic E-state index is -0.650. The second-order valence-electron chi connectivity index (χ2n) is 4.73. The van der Waals surface area contributed by atoms with Gasteiger partial charge < -0.3 is 10.2 Å². The molecule has 2 heterocycles. The summed E-state index contributed by atoms with van der Waals surface area (Å²) in [6, 6.07) is 3.11. The summed E-state index contributed by atoms with van der Waals surface area (Å²) < 4.78 is 13.4. The van der Waals surface area contributed by atoms with Gasteiger partial charge in [0.15, 0.2) is 5.82 Å². The molecule has 0 aliphatic heterocycles. The van der Waals surface area contributed by atoms with Gasteiger partial charge >= 0.3 is 0 Å². The van der Waals surface area contributed by atoms with Crippen LogP contribution in [-0.2, 0) is 6.54 Å². The molecule has 110 valence electrons. The monoisotopic (exact) mass is 289 g/mol. The van der Waals surface area contributed by atoms with Gasteiger partial charge in [0.25, 0.3) is 5.91 Å². The van der Waals surface area contributed by atoms with E-state index >= 15 is 0 Å². The van der Waals surface area contributed by atoms with Gasteiger partial charge in [0.2, 0.25) is 5.95 Å². The van der Waals surface area contributed by atoms with E-state index in [0.29, 0.717) is 11.6 Å². The topological polar surface area (TPSA) is 71.0 Å². The summed E-state index contributed by atoms with van der Waals surface area (Å²) in [5.41, 5.74) is 1.42. The molecular weight excluding hydrogens is 273 g/mol. The first kappa shape index (κ1) is 14.8. The molecule has 0 fully saturated rings. The predicted molar refractivity (Wildman–Crippen MR) is 76.5 cm³/mol. The van der Waals surface area contributed by atoms with Crippen molar-refractivity contribution < 1.29 is 9.18 Å². The molecule has 0 spiro atoms.